The Kier molecular flexibility index (Phi) is 5.65. The largest absolute Gasteiger partial charge is 0.494 e. The van der Waals surface area contributed by atoms with Gasteiger partial charge in [-0.15, -0.1) is 0 Å². The number of piperidine rings is 1. The van der Waals surface area contributed by atoms with Crippen LogP contribution in [0, 0.1) is 5.82 Å². The Labute approximate surface area is 137 Å². The van der Waals surface area contributed by atoms with E-state index in [4.69, 9.17) is 4.74 Å². The van der Waals surface area contributed by atoms with Crippen LogP contribution in [0.25, 0.3) is 0 Å². The van der Waals surface area contributed by atoms with Gasteiger partial charge in [0.25, 0.3) is 0 Å². The van der Waals surface area contributed by atoms with E-state index < -0.39 is 0 Å². The fourth-order valence-electron chi connectivity index (χ4n) is 3.03. The maximum absolute atomic E-state index is 12.9. The summed E-state index contributed by atoms with van der Waals surface area (Å²) in [6, 6.07) is 15.5. The number of nitrogens with one attached hydrogen (secondary N) is 1. The average molecular weight is 313 g/mol. The molecular weight excluding hydrogens is 289 g/mol. The van der Waals surface area contributed by atoms with Crippen LogP contribution < -0.4 is 10.1 Å². The van der Waals surface area contributed by atoms with Gasteiger partial charge in [0, 0.05) is 6.04 Å². The Balaban J connectivity index is 1.45. The Bertz CT molecular complexity index is 588. The number of hydrogen-bond donors (Lipinski definition) is 1. The fourth-order valence-corrected chi connectivity index (χ4v) is 3.03. The zero-order valence-corrected chi connectivity index (χ0v) is 13.4. The number of ether oxygens (including phenoxy) is 1. The predicted molar refractivity (Wildman–Crippen MR) is 91.4 cm³/mol. The van der Waals surface area contributed by atoms with Crippen molar-refractivity contribution in [3.63, 3.8) is 0 Å². The van der Waals surface area contributed by atoms with Gasteiger partial charge in [-0.05, 0) is 67.6 Å². The number of halogens is 1. The Morgan fingerprint density at radius 2 is 1.65 bits per heavy atom. The van der Waals surface area contributed by atoms with Crippen molar-refractivity contribution in [2.24, 2.45) is 0 Å². The van der Waals surface area contributed by atoms with E-state index in [0.29, 0.717) is 6.04 Å². The number of rotatable bonds is 6. The Morgan fingerprint density at radius 3 is 2.30 bits per heavy atom. The molecule has 23 heavy (non-hydrogen) atoms. The minimum atomic E-state index is -0.190. The van der Waals surface area contributed by atoms with E-state index in [1.54, 1.807) is 0 Å². The minimum absolute atomic E-state index is 0.190. The highest BCUT2D eigenvalue weighted by Gasteiger charge is 2.11. The van der Waals surface area contributed by atoms with Crippen molar-refractivity contribution in [1.29, 1.82) is 0 Å². The average Bonchev–Trinajstić information content (AvgIpc) is 2.59. The first-order valence-corrected chi connectivity index (χ1v) is 8.49. The highest BCUT2D eigenvalue weighted by Crippen LogP contribution is 2.17. The summed E-state index contributed by atoms with van der Waals surface area (Å²) in [6.45, 7) is 1.90. The lowest BCUT2D eigenvalue weighted by Crippen LogP contribution is -2.35. The van der Waals surface area contributed by atoms with Gasteiger partial charge in [-0.25, -0.2) is 4.39 Å². The van der Waals surface area contributed by atoms with E-state index in [1.807, 2.05) is 24.3 Å². The van der Waals surface area contributed by atoms with Crippen LogP contribution in [0.4, 0.5) is 4.39 Å². The topological polar surface area (TPSA) is 21.3 Å². The molecule has 3 heteroatoms. The second kappa shape index (κ2) is 8.11. The molecule has 1 saturated heterocycles. The first kappa shape index (κ1) is 16.0. The van der Waals surface area contributed by atoms with Crippen LogP contribution in [-0.2, 0) is 6.42 Å². The van der Waals surface area contributed by atoms with Crippen LogP contribution in [0.15, 0.2) is 48.5 Å². The van der Waals surface area contributed by atoms with E-state index in [9.17, 15) is 4.39 Å². The fraction of sp³-hybridized carbons (Fsp3) is 0.400. The molecule has 0 radical (unpaired) electrons. The molecule has 1 N–H and O–H groups in total. The smallest absolute Gasteiger partial charge is 0.123 e. The molecule has 1 unspecified atom stereocenters. The summed E-state index contributed by atoms with van der Waals surface area (Å²) < 4.78 is 18.8. The summed E-state index contributed by atoms with van der Waals surface area (Å²) in [6.07, 6.45) is 5.77. The van der Waals surface area contributed by atoms with Gasteiger partial charge in [-0.1, -0.05) is 30.7 Å². The molecule has 1 atom stereocenters. The second-order valence-corrected chi connectivity index (χ2v) is 6.23. The lowest BCUT2D eigenvalue weighted by molar-refractivity contribution is 0.268. The molecule has 0 spiro atoms. The number of hydrogen-bond acceptors (Lipinski definition) is 2. The lowest BCUT2D eigenvalue weighted by atomic mass is 10.0. The summed E-state index contributed by atoms with van der Waals surface area (Å²) >= 11 is 0. The molecule has 122 valence electrons. The Morgan fingerprint density at radius 1 is 0.957 bits per heavy atom. The molecular formula is C20H24FNO. The molecule has 0 bridgehead atoms. The predicted octanol–water partition coefficient (Wildman–Crippen LogP) is 4.33. The standard InChI is InChI=1S/C20H24FNO/c21-18-8-4-16(5-9-18)15-17-6-10-20(11-7-17)23-14-12-19-3-1-2-13-22-19/h4-11,19,22H,1-3,12-15H2. The van der Waals surface area contributed by atoms with Crippen molar-refractivity contribution in [3.8, 4) is 5.75 Å². The van der Waals surface area contributed by atoms with Crippen LogP contribution >= 0.6 is 0 Å². The number of benzene rings is 2. The summed E-state index contributed by atoms with van der Waals surface area (Å²) in [4.78, 5) is 0. The first-order valence-electron chi connectivity index (χ1n) is 8.49. The molecule has 0 amide bonds. The van der Waals surface area contributed by atoms with Gasteiger partial charge < -0.3 is 10.1 Å². The minimum Gasteiger partial charge on any atom is -0.494 e. The van der Waals surface area contributed by atoms with Crippen molar-refractivity contribution in [3.05, 3.63) is 65.5 Å². The molecule has 2 aromatic carbocycles. The zero-order valence-electron chi connectivity index (χ0n) is 13.4. The molecule has 1 heterocycles. The summed E-state index contributed by atoms with van der Waals surface area (Å²) in [5.74, 6) is 0.730. The molecule has 3 rings (SSSR count). The highest BCUT2D eigenvalue weighted by atomic mass is 19.1. The van der Waals surface area contributed by atoms with Gasteiger partial charge in [-0.3, -0.25) is 0 Å². The van der Waals surface area contributed by atoms with Crippen molar-refractivity contribution in [2.75, 3.05) is 13.2 Å². The van der Waals surface area contributed by atoms with E-state index in [-0.39, 0.29) is 5.82 Å². The third-order valence-corrected chi connectivity index (χ3v) is 4.39. The van der Waals surface area contributed by atoms with Crippen LogP contribution in [0.1, 0.15) is 36.8 Å². The summed E-state index contributed by atoms with van der Waals surface area (Å²) in [5.41, 5.74) is 2.32. The van der Waals surface area contributed by atoms with Crippen LogP contribution in [0.5, 0.6) is 5.75 Å². The third kappa shape index (κ3) is 5.07. The molecule has 2 aromatic rings. The highest BCUT2D eigenvalue weighted by molar-refractivity contribution is 5.31. The van der Waals surface area contributed by atoms with E-state index in [0.717, 1.165) is 37.3 Å². The van der Waals surface area contributed by atoms with Gasteiger partial charge in [0.2, 0.25) is 0 Å². The van der Waals surface area contributed by atoms with Crippen LogP contribution in [-0.4, -0.2) is 19.2 Å². The Hall–Kier alpha value is -1.87. The summed E-state index contributed by atoms with van der Waals surface area (Å²) in [5, 5.41) is 3.54. The summed E-state index contributed by atoms with van der Waals surface area (Å²) in [7, 11) is 0. The normalized spacial score (nSPS) is 17.9. The third-order valence-electron chi connectivity index (χ3n) is 4.39. The van der Waals surface area contributed by atoms with Gasteiger partial charge in [-0.2, -0.15) is 0 Å². The van der Waals surface area contributed by atoms with Gasteiger partial charge >= 0.3 is 0 Å². The maximum Gasteiger partial charge on any atom is 0.123 e. The van der Waals surface area contributed by atoms with Gasteiger partial charge in [0.05, 0.1) is 6.61 Å². The SMILES string of the molecule is Fc1ccc(Cc2ccc(OCCC3CCCCN3)cc2)cc1. The first-order chi connectivity index (χ1) is 11.3. The molecule has 0 aliphatic carbocycles. The van der Waals surface area contributed by atoms with Gasteiger partial charge in [0.15, 0.2) is 0 Å². The van der Waals surface area contributed by atoms with E-state index in [2.05, 4.69) is 17.4 Å². The van der Waals surface area contributed by atoms with Crippen molar-refractivity contribution < 1.29 is 9.13 Å². The quantitative estimate of drug-likeness (QED) is 0.857. The van der Waals surface area contributed by atoms with Gasteiger partial charge in [0.1, 0.15) is 11.6 Å². The lowest BCUT2D eigenvalue weighted by Gasteiger charge is -2.23. The molecule has 1 fully saturated rings. The maximum atomic E-state index is 12.9. The van der Waals surface area contributed by atoms with E-state index in [1.165, 1.54) is 37.0 Å². The molecule has 1 aliphatic heterocycles. The van der Waals surface area contributed by atoms with Crippen molar-refractivity contribution in [2.45, 2.75) is 38.1 Å². The zero-order chi connectivity index (χ0) is 15.9. The van der Waals surface area contributed by atoms with Crippen molar-refractivity contribution >= 4 is 0 Å². The second-order valence-electron chi connectivity index (χ2n) is 6.23. The van der Waals surface area contributed by atoms with Crippen LogP contribution in [0.2, 0.25) is 0 Å². The van der Waals surface area contributed by atoms with E-state index >= 15 is 0 Å². The van der Waals surface area contributed by atoms with Crippen molar-refractivity contribution in [1.82, 2.24) is 5.32 Å². The molecule has 2 nitrogen and oxygen atoms in total. The molecule has 1 aliphatic rings. The molecule has 0 saturated carbocycles. The molecule has 0 aromatic heterocycles. The van der Waals surface area contributed by atoms with Crippen LogP contribution in [0.3, 0.4) is 0 Å². The monoisotopic (exact) mass is 313 g/mol.